The molecule has 206 valence electrons. The third-order valence-electron chi connectivity index (χ3n) is 6.00. The second-order valence-corrected chi connectivity index (χ2v) is 10.7. The average Bonchev–Trinajstić information content (AvgIpc) is 3.30. The van der Waals surface area contributed by atoms with Crippen LogP contribution < -0.4 is 5.32 Å². The fourth-order valence-electron chi connectivity index (χ4n) is 3.96. The number of sulfone groups is 1. The molecule has 4 heterocycles. The molecule has 14 heteroatoms. The van der Waals surface area contributed by atoms with Crippen molar-refractivity contribution in [2.24, 2.45) is 0 Å². The van der Waals surface area contributed by atoms with Crippen LogP contribution in [0.5, 0.6) is 0 Å². The van der Waals surface area contributed by atoms with Gasteiger partial charge in [0.05, 0.1) is 34.1 Å². The molecular formula is C25H22F5N5O3S. The van der Waals surface area contributed by atoms with E-state index in [9.17, 15) is 26.4 Å². The van der Waals surface area contributed by atoms with E-state index in [0.717, 1.165) is 12.3 Å². The van der Waals surface area contributed by atoms with Crippen LogP contribution >= 0.6 is 0 Å². The minimum absolute atomic E-state index is 0.0151. The largest absolute Gasteiger partial charge is 0.418 e. The summed E-state index contributed by atoms with van der Waals surface area (Å²) >= 11 is 0. The third kappa shape index (κ3) is 5.46. The molecule has 0 aliphatic rings. The third-order valence-corrected chi connectivity index (χ3v) is 7.72. The fraction of sp³-hybridized carbons (Fsp3) is 0.280. The van der Waals surface area contributed by atoms with E-state index in [-0.39, 0.29) is 40.5 Å². The molecule has 0 radical (unpaired) electrons. The Kier molecular flexibility index (Phi) is 7.43. The molecule has 0 fully saturated rings. The maximum Gasteiger partial charge on any atom is 0.418 e. The normalized spacial score (nSPS) is 12.6. The van der Waals surface area contributed by atoms with Crippen LogP contribution in [0.3, 0.4) is 0 Å². The number of halogens is 5. The van der Waals surface area contributed by atoms with Gasteiger partial charge in [0.15, 0.2) is 9.84 Å². The van der Waals surface area contributed by atoms with Crippen molar-refractivity contribution in [2.45, 2.75) is 43.8 Å². The Hall–Kier alpha value is -3.94. The molecule has 0 saturated heterocycles. The van der Waals surface area contributed by atoms with E-state index in [1.165, 1.54) is 48.0 Å². The van der Waals surface area contributed by atoms with Gasteiger partial charge in [-0.1, -0.05) is 13.8 Å². The Labute approximate surface area is 219 Å². The van der Waals surface area contributed by atoms with E-state index in [1.54, 1.807) is 6.92 Å². The molecule has 0 unspecified atom stereocenters. The van der Waals surface area contributed by atoms with Crippen LogP contribution in [-0.4, -0.2) is 39.4 Å². The summed E-state index contributed by atoms with van der Waals surface area (Å²) in [6, 6.07) is 6.89. The number of nitrogens with one attached hydrogen (secondary N) is 1. The summed E-state index contributed by atoms with van der Waals surface area (Å²) in [5, 5.41) is 2.60. The van der Waals surface area contributed by atoms with Crippen molar-refractivity contribution in [3.05, 3.63) is 88.9 Å². The lowest BCUT2D eigenvalue weighted by molar-refractivity contribution is -0.141. The highest BCUT2D eigenvalue weighted by Gasteiger charge is 2.48. The first-order chi connectivity index (χ1) is 18.3. The summed E-state index contributed by atoms with van der Waals surface area (Å²) in [6.45, 7) is 3.01. The Morgan fingerprint density at radius 2 is 1.77 bits per heavy atom. The van der Waals surface area contributed by atoms with E-state index < -0.39 is 44.8 Å². The molecule has 4 aromatic heterocycles. The first-order valence-corrected chi connectivity index (χ1v) is 13.3. The van der Waals surface area contributed by atoms with Gasteiger partial charge in [0.1, 0.15) is 17.0 Å². The lowest BCUT2D eigenvalue weighted by atomic mass is 10.0. The molecule has 0 saturated carbocycles. The van der Waals surface area contributed by atoms with Crippen molar-refractivity contribution in [3.8, 4) is 0 Å². The van der Waals surface area contributed by atoms with Crippen LogP contribution in [0.1, 0.15) is 52.5 Å². The van der Waals surface area contributed by atoms with Crippen molar-refractivity contribution in [3.63, 3.8) is 0 Å². The number of aryl methyl sites for hydroxylation is 1. The zero-order valence-corrected chi connectivity index (χ0v) is 21.4. The summed E-state index contributed by atoms with van der Waals surface area (Å²) in [5.41, 5.74) is -3.58. The summed E-state index contributed by atoms with van der Waals surface area (Å²) in [6.07, 6.45) is -1.66. The second kappa shape index (κ2) is 10.3. The van der Waals surface area contributed by atoms with Gasteiger partial charge >= 0.3 is 12.1 Å². The minimum Gasteiger partial charge on any atom is -0.346 e. The fourth-order valence-corrected chi connectivity index (χ4v) is 4.78. The molecule has 0 aliphatic carbocycles. The highest BCUT2D eigenvalue weighted by Crippen LogP contribution is 2.42. The van der Waals surface area contributed by atoms with Crippen molar-refractivity contribution in [1.29, 1.82) is 0 Å². The van der Waals surface area contributed by atoms with Crippen LogP contribution in [0, 0.1) is 0 Å². The predicted molar refractivity (Wildman–Crippen MR) is 130 cm³/mol. The molecule has 0 aliphatic heterocycles. The molecule has 0 bridgehead atoms. The summed E-state index contributed by atoms with van der Waals surface area (Å²) < 4.78 is 96.4. The van der Waals surface area contributed by atoms with E-state index in [4.69, 9.17) is 0 Å². The topological polar surface area (TPSA) is 106 Å². The summed E-state index contributed by atoms with van der Waals surface area (Å²) in [5.74, 6) is -4.85. The zero-order chi connectivity index (χ0) is 28.6. The number of fused-ring (bicyclic) bond motifs is 1. The molecule has 4 rings (SSSR count). The molecular weight excluding hydrogens is 545 g/mol. The monoisotopic (exact) mass is 567 g/mol. The van der Waals surface area contributed by atoms with Gasteiger partial charge in [0, 0.05) is 24.2 Å². The molecule has 8 nitrogen and oxygen atoms in total. The van der Waals surface area contributed by atoms with E-state index >= 15 is 8.78 Å². The number of nitrogens with zero attached hydrogens (tertiary/aromatic N) is 4. The van der Waals surface area contributed by atoms with Crippen LogP contribution in [0.2, 0.25) is 0 Å². The number of amides is 1. The standard InChI is InChI=1S/C25H22F5N5O3S/c1-3-19-22(24(26,27)21-18(25(28,29)30)6-5-10-31-21)34-20-12-15(9-11-35(19)20)23(36)33-13-16-7-8-17(14-32-16)39(37,38)4-2/h5-12,14H,3-4,13H2,1-2H3,(H,33,36). The number of aromatic nitrogens is 4. The number of carbonyl (C=O) groups is 1. The van der Waals surface area contributed by atoms with E-state index in [2.05, 4.69) is 20.3 Å². The molecule has 0 spiro atoms. The molecule has 39 heavy (non-hydrogen) atoms. The summed E-state index contributed by atoms with van der Waals surface area (Å²) in [4.78, 5) is 24.1. The lowest BCUT2D eigenvalue weighted by Gasteiger charge is -2.19. The highest BCUT2D eigenvalue weighted by molar-refractivity contribution is 7.91. The van der Waals surface area contributed by atoms with Crippen LogP contribution in [0.15, 0.2) is 59.9 Å². The van der Waals surface area contributed by atoms with Crippen molar-refractivity contribution >= 4 is 21.4 Å². The van der Waals surface area contributed by atoms with Crippen molar-refractivity contribution < 1.29 is 35.2 Å². The Bertz CT molecular complexity index is 1630. The Morgan fingerprint density at radius 1 is 1.03 bits per heavy atom. The first-order valence-electron chi connectivity index (χ1n) is 11.7. The molecule has 0 aromatic carbocycles. The number of imidazole rings is 1. The predicted octanol–water partition coefficient (Wildman–Crippen LogP) is 4.57. The van der Waals surface area contributed by atoms with Gasteiger partial charge in [0.2, 0.25) is 0 Å². The van der Waals surface area contributed by atoms with Gasteiger partial charge in [-0.25, -0.2) is 13.4 Å². The van der Waals surface area contributed by atoms with Gasteiger partial charge in [-0.2, -0.15) is 22.0 Å². The van der Waals surface area contributed by atoms with Crippen molar-refractivity contribution in [1.82, 2.24) is 24.7 Å². The highest BCUT2D eigenvalue weighted by atomic mass is 32.2. The van der Waals surface area contributed by atoms with Gasteiger partial charge in [-0.05, 0) is 42.8 Å². The second-order valence-electron chi connectivity index (χ2n) is 8.45. The summed E-state index contributed by atoms with van der Waals surface area (Å²) in [7, 11) is -3.42. The Balaban J connectivity index is 1.62. The van der Waals surface area contributed by atoms with Crippen LogP contribution in [0.4, 0.5) is 22.0 Å². The maximum absolute atomic E-state index is 15.5. The van der Waals surface area contributed by atoms with E-state index in [0.29, 0.717) is 11.8 Å². The number of pyridine rings is 3. The number of rotatable bonds is 8. The molecule has 4 aromatic rings. The number of alkyl halides is 5. The van der Waals surface area contributed by atoms with Crippen LogP contribution in [-0.2, 0) is 34.9 Å². The SMILES string of the molecule is CCc1c(C(F)(F)c2ncccc2C(F)(F)F)nc2cc(C(=O)NCc3ccc(S(=O)(=O)CC)cn3)ccn12. The number of carbonyl (C=O) groups excluding carboxylic acids is 1. The van der Waals surface area contributed by atoms with Crippen molar-refractivity contribution in [2.75, 3.05) is 5.75 Å². The van der Waals surface area contributed by atoms with E-state index in [1.807, 2.05) is 0 Å². The molecule has 0 atom stereocenters. The smallest absolute Gasteiger partial charge is 0.346 e. The zero-order valence-electron chi connectivity index (χ0n) is 20.6. The van der Waals surface area contributed by atoms with Crippen LogP contribution in [0.25, 0.3) is 5.65 Å². The van der Waals surface area contributed by atoms with Gasteiger partial charge in [-0.15, -0.1) is 0 Å². The molecule has 1 N–H and O–H groups in total. The lowest BCUT2D eigenvalue weighted by Crippen LogP contribution is -2.25. The molecule has 1 amide bonds. The quantitative estimate of drug-likeness (QED) is 0.313. The van der Waals surface area contributed by atoms with Gasteiger partial charge in [0.25, 0.3) is 5.91 Å². The minimum atomic E-state index is -5.05. The maximum atomic E-state index is 15.5. The number of hydrogen-bond donors (Lipinski definition) is 1. The Morgan fingerprint density at radius 3 is 2.38 bits per heavy atom. The first kappa shape index (κ1) is 28.1. The number of hydrogen-bond acceptors (Lipinski definition) is 6. The van der Waals surface area contributed by atoms with Gasteiger partial charge in [-0.3, -0.25) is 14.8 Å². The van der Waals surface area contributed by atoms with Gasteiger partial charge < -0.3 is 9.72 Å². The average molecular weight is 568 g/mol.